The molecule has 1 saturated carbocycles. The Bertz CT molecular complexity index is 203. The van der Waals surface area contributed by atoms with E-state index < -0.39 is 0 Å². The molecule has 18 heavy (non-hydrogen) atoms. The van der Waals surface area contributed by atoms with E-state index >= 15 is 0 Å². The normalized spacial score (nSPS) is 18.7. The zero-order valence-electron chi connectivity index (χ0n) is 11.5. The molecule has 0 aromatic rings. The van der Waals surface area contributed by atoms with Crippen LogP contribution in [0.25, 0.3) is 0 Å². The lowest BCUT2D eigenvalue weighted by Crippen LogP contribution is -2.17. The number of hydrogen-bond donors (Lipinski definition) is 0. The SMILES string of the molecule is CCCSC([C]=O)CCCCOC1CC[CH]CC1. The summed E-state index contributed by atoms with van der Waals surface area (Å²) in [5.74, 6) is 1.06. The van der Waals surface area contributed by atoms with Gasteiger partial charge in [-0.3, -0.25) is 4.79 Å². The van der Waals surface area contributed by atoms with Crippen LogP contribution in [0.2, 0.25) is 0 Å². The number of rotatable bonds is 10. The zero-order chi connectivity index (χ0) is 13.1. The maximum absolute atomic E-state index is 10.7. The van der Waals surface area contributed by atoms with Crippen molar-refractivity contribution in [1.29, 1.82) is 0 Å². The van der Waals surface area contributed by atoms with Crippen molar-refractivity contribution in [2.45, 2.75) is 69.6 Å². The van der Waals surface area contributed by atoms with Crippen LogP contribution in [-0.2, 0) is 9.53 Å². The van der Waals surface area contributed by atoms with Crippen molar-refractivity contribution in [2.75, 3.05) is 12.4 Å². The highest BCUT2D eigenvalue weighted by molar-refractivity contribution is 8.00. The van der Waals surface area contributed by atoms with E-state index in [4.69, 9.17) is 4.74 Å². The van der Waals surface area contributed by atoms with Gasteiger partial charge in [0.2, 0.25) is 6.29 Å². The second-order valence-corrected chi connectivity index (χ2v) is 6.22. The summed E-state index contributed by atoms with van der Waals surface area (Å²) in [6, 6.07) is 0. The van der Waals surface area contributed by atoms with Crippen molar-refractivity contribution in [3.63, 3.8) is 0 Å². The first-order valence-electron chi connectivity index (χ1n) is 7.29. The van der Waals surface area contributed by atoms with Crippen LogP contribution in [0.4, 0.5) is 0 Å². The Kier molecular flexibility index (Phi) is 9.68. The molecule has 3 heteroatoms. The van der Waals surface area contributed by atoms with Gasteiger partial charge in [-0.05, 0) is 63.5 Å². The van der Waals surface area contributed by atoms with Crippen molar-refractivity contribution in [1.82, 2.24) is 0 Å². The molecule has 0 bridgehead atoms. The van der Waals surface area contributed by atoms with E-state index in [1.54, 1.807) is 11.8 Å². The smallest absolute Gasteiger partial charge is 0.212 e. The molecule has 1 aliphatic carbocycles. The van der Waals surface area contributed by atoms with Crippen molar-refractivity contribution >= 4 is 18.0 Å². The van der Waals surface area contributed by atoms with Gasteiger partial charge < -0.3 is 4.74 Å². The maximum atomic E-state index is 10.7. The molecule has 1 unspecified atom stereocenters. The molecule has 0 amide bonds. The minimum Gasteiger partial charge on any atom is -0.378 e. The lowest BCUT2D eigenvalue weighted by atomic mass is 9.98. The molecule has 0 N–H and O–H groups in total. The minimum atomic E-state index is 0.0780. The van der Waals surface area contributed by atoms with E-state index in [9.17, 15) is 4.79 Å². The molecule has 1 rings (SSSR count). The highest BCUT2D eigenvalue weighted by Crippen LogP contribution is 2.20. The van der Waals surface area contributed by atoms with E-state index in [1.807, 2.05) is 0 Å². The van der Waals surface area contributed by atoms with Crippen LogP contribution in [0.15, 0.2) is 0 Å². The van der Waals surface area contributed by atoms with Crippen LogP contribution >= 0.6 is 11.8 Å². The largest absolute Gasteiger partial charge is 0.378 e. The Morgan fingerprint density at radius 3 is 2.83 bits per heavy atom. The van der Waals surface area contributed by atoms with E-state index in [0.29, 0.717) is 6.10 Å². The molecule has 0 aliphatic heterocycles. The van der Waals surface area contributed by atoms with E-state index in [1.165, 1.54) is 25.7 Å². The topological polar surface area (TPSA) is 26.3 Å². The molecule has 1 atom stereocenters. The van der Waals surface area contributed by atoms with Gasteiger partial charge in [-0.1, -0.05) is 6.92 Å². The summed E-state index contributed by atoms with van der Waals surface area (Å²) in [5.41, 5.74) is 0. The number of hydrogen-bond acceptors (Lipinski definition) is 3. The molecule has 0 aromatic carbocycles. The predicted octanol–water partition coefficient (Wildman–Crippen LogP) is 3.94. The summed E-state index contributed by atoms with van der Waals surface area (Å²) in [6.07, 6.45) is 14.0. The fraction of sp³-hybridized carbons (Fsp3) is 0.867. The van der Waals surface area contributed by atoms with Crippen LogP contribution in [0.5, 0.6) is 0 Å². The van der Waals surface area contributed by atoms with Crippen LogP contribution < -0.4 is 0 Å². The second-order valence-electron chi connectivity index (χ2n) is 4.91. The molecule has 104 valence electrons. The van der Waals surface area contributed by atoms with E-state index in [-0.39, 0.29) is 5.25 Å². The first-order chi connectivity index (χ1) is 8.86. The first-order valence-corrected chi connectivity index (χ1v) is 8.34. The fourth-order valence-electron chi connectivity index (χ4n) is 2.18. The molecular formula is C15H26O2S. The second kappa shape index (κ2) is 10.9. The Hall–Kier alpha value is -0.0200. The van der Waals surface area contributed by atoms with Crippen LogP contribution in [-0.4, -0.2) is 30.0 Å². The van der Waals surface area contributed by atoms with Gasteiger partial charge in [0, 0.05) is 6.61 Å². The van der Waals surface area contributed by atoms with Gasteiger partial charge in [-0.25, -0.2) is 0 Å². The monoisotopic (exact) mass is 270 g/mol. The lowest BCUT2D eigenvalue weighted by Gasteiger charge is -2.21. The predicted molar refractivity (Wildman–Crippen MR) is 78.6 cm³/mol. The summed E-state index contributed by atoms with van der Waals surface area (Å²) in [6.45, 7) is 3.00. The van der Waals surface area contributed by atoms with Crippen LogP contribution in [0.3, 0.4) is 0 Å². The first kappa shape index (κ1) is 16.0. The van der Waals surface area contributed by atoms with Gasteiger partial charge in [0.1, 0.15) is 0 Å². The van der Waals surface area contributed by atoms with E-state index in [0.717, 1.165) is 38.0 Å². The molecule has 2 radical (unpaired) electrons. The molecule has 0 spiro atoms. The quantitative estimate of drug-likeness (QED) is 0.562. The minimum absolute atomic E-state index is 0.0780. The van der Waals surface area contributed by atoms with Crippen LogP contribution in [0.1, 0.15) is 58.3 Å². The third kappa shape index (κ3) is 7.42. The van der Waals surface area contributed by atoms with Crippen molar-refractivity contribution in [3.05, 3.63) is 6.42 Å². The van der Waals surface area contributed by atoms with Crippen molar-refractivity contribution in [2.24, 2.45) is 0 Å². The Morgan fingerprint density at radius 1 is 1.39 bits per heavy atom. The summed E-state index contributed by atoms with van der Waals surface area (Å²) in [7, 11) is 0. The summed E-state index contributed by atoms with van der Waals surface area (Å²) < 4.78 is 5.85. The standard InChI is InChI=1S/C15H26O2S/c1-2-12-18-15(13-16)10-6-7-11-17-14-8-4-3-5-9-14/h3,14-15H,2,4-12H2,1H3. The highest BCUT2D eigenvalue weighted by Gasteiger charge is 2.13. The Labute approximate surface area is 116 Å². The summed E-state index contributed by atoms with van der Waals surface area (Å²) in [4.78, 5) is 10.7. The third-order valence-electron chi connectivity index (χ3n) is 3.25. The Morgan fingerprint density at radius 2 is 2.17 bits per heavy atom. The zero-order valence-corrected chi connectivity index (χ0v) is 12.3. The van der Waals surface area contributed by atoms with Gasteiger partial charge in [0.25, 0.3) is 0 Å². The molecule has 0 heterocycles. The molecule has 1 fully saturated rings. The van der Waals surface area contributed by atoms with Gasteiger partial charge in [-0.2, -0.15) is 11.8 Å². The molecule has 2 nitrogen and oxygen atoms in total. The van der Waals surface area contributed by atoms with Gasteiger partial charge in [0.15, 0.2) is 0 Å². The molecule has 0 aromatic heterocycles. The summed E-state index contributed by atoms with van der Waals surface area (Å²) in [5, 5.41) is 0.0780. The average molecular weight is 270 g/mol. The maximum Gasteiger partial charge on any atom is 0.212 e. The summed E-state index contributed by atoms with van der Waals surface area (Å²) >= 11 is 1.74. The van der Waals surface area contributed by atoms with Gasteiger partial charge in [0.05, 0.1) is 11.4 Å². The molecule has 1 aliphatic rings. The van der Waals surface area contributed by atoms with Crippen molar-refractivity contribution < 1.29 is 9.53 Å². The highest BCUT2D eigenvalue weighted by atomic mass is 32.2. The Balaban J connectivity index is 1.94. The average Bonchev–Trinajstić information content (AvgIpc) is 2.43. The lowest BCUT2D eigenvalue weighted by molar-refractivity contribution is 0.0327. The fourth-order valence-corrected chi connectivity index (χ4v) is 3.10. The molecule has 0 saturated heterocycles. The number of unbranched alkanes of at least 4 members (excludes halogenated alkanes) is 1. The number of ether oxygens (including phenoxy) is 1. The third-order valence-corrected chi connectivity index (χ3v) is 4.63. The number of thioether (sulfide) groups is 1. The van der Waals surface area contributed by atoms with Crippen LogP contribution in [0, 0.1) is 6.42 Å². The van der Waals surface area contributed by atoms with Gasteiger partial charge >= 0.3 is 0 Å². The van der Waals surface area contributed by atoms with Crippen molar-refractivity contribution in [3.8, 4) is 0 Å². The number of carbonyl (C=O) groups excluding carboxylic acids is 1. The molecular weight excluding hydrogens is 244 g/mol. The van der Waals surface area contributed by atoms with E-state index in [2.05, 4.69) is 19.6 Å². The van der Waals surface area contributed by atoms with Gasteiger partial charge in [-0.15, -0.1) is 0 Å².